The number of H-pyrrole nitrogens is 1. The zero-order valence-electron chi connectivity index (χ0n) is 10.1. The van der Waals surface area contributed by atoms with Crippen LogP contribution in [0.15, 0.2) is 34.6 Å². The van der Waals surface area contributed by atoms with Crippen molar-refractivity contribution in [1.82, 2.24) is 15.2 Å². The Bertz CT molecular complexity index is 501. The van der Waals surface area contributed by atoms with Gasteiger partial charge in [0, 0.05) is 10.9 Å². The predicted octanol–water partition coefficient (Wildman–Crippen LogP) is 2.37. The molecule has 2 rings (SSSR count). The molecule has 0 aliphatic rings. The van der Waals surface area contributed by atoms with Gasteiger partial charge in [-0.3, -0.25) is 5.10 Å². The van der Waals surface area contributed by atoms with Crippen molar-refractivity contribution in [3.05, 3.63) is 35.9 Å². The minimum atomic E-state index is -0.241. The first-order chi connectivity index (χ1) is 8.69. The molecule has 0 radical (unpaired) electrons. The molecule has 0 amide bonds. The molecule has 0 aliphatic heterocycles. The molecule has 2 aromatic rings. The summed E-state index contributed by atoms with van der Waals surface area (Å²) in [6.07, 6.45) is 2.97. The van der Waals surface area contributed by atoms with Gasteiger partial charge < -0.3 is 5.73 Å². The van der Waals surface area contributed by atoms with Gasteiger partial charge in [0.1, 0.15) is 12.1 Å². The topological polar surface area (TPSA) is 67.6 Å². The smallest absolute Gasteiger partial charge is 0.188 e. The summed E-state index contributed by atoms with van der Waals surface area (Å²) < 4.78 is 13.3. The lowest BCUT2D eigenvalue weighted by Gasteiger charge is -2.12. The summed E-state index contributed by atoms with van der Waals surface area (Å²) >= 11 is 1.43. The molecular formula is C12H15FN4S. The highest BCUT2D eigenvalue weighted by Crippen LogP contribution is 2.29. The van der Waals surface area contributed by atoms with Gasteiger partial charge in [0.25, 0.3) is 0 Å². The molecule has 0 saturated carbocycles. The molecule has 0 aliphatic carbocycles. The molecule has 18 heavy (non-hydrogen) atoms. The summed E-state index contributed by atoms with van der Waals surface area (Å²) in [4.78, 5) is 5.00. The first-order valence-corrected chi connectivity index (χ1v) is 6.58. The molecule has 1 aromatic heterocycles. The molecule has 0 fully saturated rings. The van der Waals surface area contributed by atoms with Gasteiger partial charge in [-0.05, 0) is 36.6 Å². The van der Waals surface area contributed by atoms with E-state index in [2.05, 4.69) is 15.2 Å². The van der Waals surface area contributed by atoms with Gasteiger partial charge in [0.05, 0.1) is 0 Å². The number of aromatic amines is 1. The van der Waals surface area contributed by atoms with E-state index < -0.39 is 0 Å². The number of hydrogen-bond donors (Lipinski definition) is 2. The minimum absolute atomic E-state index is 0.0425. The molecule has 4 nitrogen and oxygen atoms in total. The van der Waals surface area contributed by atoms with Crippen LogP contribution in [-0.4, -0.2) is 21.2 Å². The second-order valence-corrected chi connectivity index (χ2v) is 5.05. The Balaban J connectivity index is 2.22. The van der Waals surface area contributed by atoms with Gasteiger partial charge in [0.15, 0.2) is 5.16 Å². The quantitative estimate of drug-likeness (QED) is 0.872. The number of hydrogen-bond acceptors (Lipinski definition) is 4. The molecule has 1 aromatic carbocycles. The third-order valence-corrected chi connectivity index (χ3v) is 3.64. The maximum absolute atomic E-state index is 13.3. The highest BCUT2D eigenvalue weighted by molar-refractivity contribution is 7.99. The fraction of sp³-hybridized carbons (Fsp3) is 0.333. The zero-order chi connectivity index (χ0) is 13.0. The van der Waals surface area contributed by atoms with Crippen LogP contribution in [0.2, 0.25) is 0 Å². The molecule has 3 N–H and O–H groups in total. The van der Waals surface area contributed by atoms with E-state index in [1.165, 1.54) is 30.2 Å². The second-order valence-electron chi connectivity index (χ2n) is 4.02. The van der Waals surface area contributed by atoms with E-state index in [0.717, 1.165) is 16.9 Å². The molecule has 0 saturated heterocycles. The zero-order valence-corrected chi connectivity index (χ0v) is 10.9. The van der Waals surface area contributed by atoms with E-state index in [-0.39, 0.29) is 11.9 Å². The third-order valence-electron chi connectivity index (χ3n) is 2.63. The number of nitrogens with one attached hydrogen (secondary N) is 1. The molecular weight excluding hydrogens is 251 g/mol. The monoisotopic (exact) mass is 266 g/mol. The fourth-order valence-electron chi connectivity index (χ4n) is 1.58. The number of aromatic nitrogens is 3. The average Bonchev–Trinajstić information content (AvgIpc) is 2.85. The maximum Gasteiger partial charge on any atom is 0.188 e. The van der Waals surface area contributed by atoms with Crippen LogP contribution in [0, 0.1) is 5.82 Å². The summed E-state index contributed by atoms with van der Waals surface area (Å²) in [6, 6.07) is 4.77. The Morgan fingerprint density at radius 3 is 3.00 bits per heavy atom. The number of rotatable bonds is 5. The molecule has 6 heteroatoms. The van der Waals surface area contributed by atoms with Gasteiger partial charge >= 0.3 is 0 Å². The van der Waals surface area contributed by atoms with Crippen molar-refractivity contribution >= 4 is 11.8 Å². The average molecular weight is 266 g/mol. The van der Waals surface area contributed by atoms with Crippen molar-refractivity contribution in [2.24, 2.45) is 5.73 Å². The lowest BCUT2D eigenvalue weighted by atomic mass is 10.0. The van der Waals surface area contributed by atoms with E-state index in [1.54, 1.807) is 6.07 Å². The Morgan fingerprint density at radius 1 is 1.50 bits per heavy atom. The molecule has 1 unspecified atom stereocenters. The van der Waals surface area contributed by atoms with E-state index in [9.17, 15) is 4.39 Å². The van der Waals surface area contributed by atoms with Crippen molar-refractivity contribution in [3.63, 3.8) is 0 Å². The number of nitrogens with two attached hydrogens (primary N) is 1. The third kappa shape index (κ3) is 3.30. The van der Waals surface area contributed by atoms with Crippen molar-refractivity contribution in [2.45, 2.75) is 35.9 Å². The van der Waals surface area contributed by atoms with Crippen LogP contribution in [0.25, 0.3) is 0 Å². The minimum Gasteiger partial charge on any atom is -0.327 e. The van der Waals surface area contributed by atoms with Gasteiger partial charge in [-0.15, -0.1) is 0 Å². The first-order valence-electron chi connectivity index (χ1n) is 5.76. The van der Waals surface area contributed by atoms with Crippen LogP contribution >= 0.6 is 11.8 Å². The predicted molar refractivity (Wildman–Crippen MR) is 68.9 cm³/mol. The fourth-order valence-corrected chi connectivity index (χ4v) is 2.40. The summed E-state index contributed by atoms with van der Waals surface area (Å²) in [5, 5.41) is 7.25. The van der Waals surface area contributed by atoms with Gasteiger partial charge in [-0.2, -0.15) is 5.10 Å². The van der Waals surface area contributed by atoms with Crippen LogP contribution in [0.5, 0.6) is 0 Å². The first kappa shape index (κ1) is 13.0. The van der Waals surface area contributed by atoms with E-state index in [4.69, 9.17) is 5.73 Å². The molecule has 0 bridgehead atoms. The van der Waals surface area contributed by atoms with Crippen LogP contribution in [0.4, 0.5) is 4.39 Å². The Kier molecular flexibility index (Phi) is 4.33. The standard InChI is InChI=1S/C12H15FN4S/c1-2-10(14)6-8-5-9(13)3-4-11(8)18-12-15-7-16-17-12/h3-5,7,10H,2,6,14H2,1H3,(H,15,16,17). The maximum atomic E-state index is 13.3. The SMILES string of the molecule is CCC(N)Cc1cc(F)ccc1Sc1ncn[nH]1. The Labute approximate surface area is 109 Å². The summed E-state index contributed by atoms with van der Waals surface area (Å²) in [5.74, 6) is -0.241. The molecule has 96 valence electrons. The Morgan fingerprint density at radius 2 is 2.33 bits per heavy atom. The summed E-state index contributed by atoms with van der Waals surface area (Å²) in [7, 11) is 0. The molecule has 1 atom stereocenters. The van der Waals surface area contributed by atoms with Gasteiger partial charge in [-0.25, -0.2) is 9.37 Å². The second kappa shape index (κ2) is 5.97. The van der Waals surface area contributed by atoms with E-state index in [1.807, 2.05) is 6.92 Å². The summed E-state index contributed by atoms with van der Waals surface area (Å²) in [5.41, 5.74) is 6.84. The molecule has 0 spiro atoms. The Hall–Kier alpha value is -1.40. The lowest BCUT2D eigenvalue weighted by molar-refractivity contribution is 0.609. The van der Waals surface area contributed by atoms with Crippen molar-refractivity contribution < 1.29 is 4.39 Å². The number of benzene rings is 1. The largest absolute Gasteiger partial charge is 0.327 e. The lowest BCUT2D eigenvalue weighted by Crippen LogP contribution is -2.21. The highest BCUT2D eigenvalue weighted by Gasteiger charge is 2.10. The number of nitrogens with zero attached hydrogens (tertiary/aromatic N) is 2. The van der Waals surface area contributed by atoms with Crippen molar-refractivity contribution in [1.29, 1.82) is 0 Å². The van der Waals surface area contributed by atoms with E-state index in [0.29, 0.717) is 11.6 Å². The highest BCUT2D eigenvalue weighted by atomic mass is 32.2. The normalized spacial score (nSPS) is 12.6. The van der Waals surface area contributed by atoms with Crippen molar-refractivity contribution in [3.8, 4) is 0 Å². The van der Waals surface area contributed by atoms with E-state index >= 15 is 0 Å². The summed E-state index contributed by atoms with van der Waals surface area (Å²) in [6.45, 7) is 2.02. The van der Waals surface area contributed by atoms with Crippen molar-refractivity contribution in [2.75, 3.05) is 0 Å². The van der Waals surface area contributed by atoms with Crippen LogP contribution in [-0.2, 0) is 6.42 Å². The molecule has 1 heterocycles. The number of halogens is 1. The van der Waals surface area contributed by atoms with Gasteiger partial charge in [-0.1, -0.05) is 18.7 Å². The van der Waals surface area contributed by atoms with Crippen LogP contribution in [0.3, 0.4) is 0 Å². The van der Waals surface area contributed by atoms with Gasteiger partial charge in [0.2, 0.25) is 0 Å². The van der Waals surface area contributed by atoms with Crippen LogP contribution < -0.4 is 5.73 Å². The van der Waals surface area contributed by atoms with Crippen LogP contribution in [0.1, 0.15) is 18.9 Å².